The van der Waals surface area contributed by atoms with E-state index in [2.05, 4.69) is 19.9 Å². The Balaban J connectivity index is 1.72. The Labute approximate surface area is 145 Å². The fraction of sp³-hybridized carbons (Fsp3) is 0.857. The van der Waals surface area contributed by atoms with Gasteiger partial charge < -0.3 is 10.2 Å². The summed E-state index contributed by atoms with van der Waals surface area (Å²) < 4.78 is 0. The average molecular weight is 332 g/mol. The molecule has 24 heavy (non-hydrogen) atoms. The van der Waals surface area contributed by atoms with E-state index in [1.165, 1.54) is 0 Å². The normalized spacial score (nSPS) is 53.6. The predicted molar refractivity (Wildman–Crippen MR) is 93.3 cm³/mol. The lowest BCUT2D eigenvalue weighted by molar-refractivity contribution is -0.125. The van der Waals surface area contributed by atoms with E-state index < -0.39 is 0 Å². The van der Waals surface area contributed by atoms with E-state index in [1.807, 2.05) is 0 Å². The molecule has 3 nitrogen and oxygen atoms in total. The Morgan fingerprint density at radius 1 is 1.12 bits per heavy atom. The molecule has 0 amide bonds. The number of ketones is 1. The molecular weight excluding hydrogens is 300 g/mol. The predicted octanol–water partition coefficient (Wildman–Crippen LogP) is 3.49. The first-order valence-corrected chi connectivity index (χ1v) is 9.84. The van der Waals surface area contributed by atoms with Crippen LogP contribution in [-0.2, 0) is 4.79 Å². The Bertz CT molecular complexity index is 582. The fourth-order valence-corrected chi connectivity index (χ4v) is 7.22. The number of hydrogen-bond acceptors (Lipinski definition) is 3. The van der Waals surface area contributed by atoms with Crippen molar-refractivity contribution in [3.63, 3.8) is 0 Å². The van der Waals surface area contributed by atoms with E-state index in [0.717, 1.165) is 44.9 Å². The van der Waals surface area contributed by atoms with Crippen molar-refractivity contribution < 1.29 is 15.0 Å². The molecule has 0 aliphatic heterocycles. The topological polar surface area (TPSA) is 57.5 Å². The first kappa shape index (κ1) is 16.8. The smallest absolute Gasteiger partial charge is 0.133 e. The molecule has 134 valence electrons. The second-order valence-electron chi connectivity index (χ2n) is 9.58. The van der Waals surface area contributed by atoms with Crippen molar-refractivity contribution >= 4 is 5.78 Å². The minimum atomic E-state index is -0.314. The minimum absolute atomic E-state index is 0.0389. The highest BCUT2D eigenvalue weighted by Gasteiger charge is 2.59. The van der Waals surface area contributed by atoms with Gasteiger partial charge in [-0.2, -0.15) is 0 Å². The van der Waals surface area contributed by atoms with Crippen LogP contribution in [0.1, 0.15) is 65.7 Å². The van der Waals surface area contributed by atoms with Crippen LogP contribution < -0.4 is 0 Å². The van der Waals surface area contributed by atoms with E-state index >= 15 is 0 Å². The van der Waals surface area contributed by atoms with Crippen molar-refractivity contribution in [2.45, 2.75) is 77.9 Å². The molecule has 0 aromatic rings. The second-order valence-corrected chi connectivity index (χ2v) is 9.58. The fourth-order valence-electron chi connectivity index (χ4n) is 7.22. The summed E-state index contributed by atoms with van der Waals surface area (Å²) in [7, 11) is 0. The first-order valence-electron chi connectivity index (χ1n) is 9.84. The van der Waals surface area contributed by atoms with Gasteiger partial charge in [-0.15, -0.1) is 0 Å². The van der Waals surface area contributed by atoms with Gasteiger partial charge in [-0.05, 0) is 80.5 Å². The van der Waals surface area contributed by atoms with E-state index in [-0.39, 0.29) is 34.9 Å². The quantitative estimate of drug-likeness (QED) is 0.723. The summed E-state index contributed by atoms with van der Waals surface area (Å²) in [6.07, 6.45) is 8.42. The van der Waals surface area contributed by atoms with Crippen LogP contribution in [0.15, 0.2) is 11.6 Å². The molecule has 0 saturated heterocycles. The number of carbonyl (C=O) groups is 1. The Morgan fingerprint density at radius 2 is 1.88 bits per heavy atom. The van der Waals surface area contributed by atoms with Gasteiger partial charge in [-0.1, -0.05) is 25.5 Å². The van der Waals surface area contributed by atoms with Crippen molar-refractivity contribution in [2.24, 2.45) is 34.5 Å². The van der Waals surface area contributed by atoms with E-state index in [1.54, 1.807) is 12.5 Å². The zero-order valence-electron chi connectivity index (χ0n) is 15.3. The highest BCUT2D eigenvalue weighted by atomic mass is 16.3. The summed E-state index contributed by atoms with van der Waals surface area (Å²) in [6, 6.07) is 0. The SMILES string of the molecule is CC(=O)[C@@H]1CC[C@@H]2[C@@H]3C[C@H](O)[C@H]4C[C@H](O)CC[C@@]4(C)C3=CC[C@@]21C. The van der Waals surface area contributed by atoms with Gasteiger partial charge in [0, 0.05) is 5.92 Å². The highest BCUT2D eigenvalue weighted by Crippen LogP contribution is 2.65. The Hall–Kier alpha value is -0.670. The van der Waals surface area contributed by atoms with Crippen LogP contribution in [0.2, 0.25) is 0 Å². The number of carbonyl (C=O) groups excluding carboxylic acids is 1. The van der Waals surface area contributed by atoms with Crippen molar-refractivity contribution in [1.82, 2.24) is 0 Å². The van der Waals surface area contributed by atoms with Crippen LogP contribution in [0, 0.1) is 34.5 Å². The second kappa shape index (κ2) is 5.41. The van der Waals surface area contributed by atoms with Gasteiger partial charge in [-0.3, -0.25) is 4.79 Å². The maximum absolute atomic E-state index is 12.2. The lowest BCUT2D eigenvalue weighted by atomic mass is 9.48. The number of aliphatic hydroxyl groups excluding tert-OH is 2. The number of hydrogen-bond donors (Lipinski definition) is 2. The molecule has 4 rings (SSSR count). The molecule has 3 heteroatoms. The molecule has 3 saturated carbocycles. The summed E-state index contributed by atoms with van der Waals surface area (Å²) in [5, 5.41) is 21.0. The molecule has 0 aromatic heterocycles. The van der Waals surface area contributed by atoms with Crippen LogP contribution in [-0.4, -0.2) is 28.2 Å². The lowest BCUT2D eigenvalue weighted by Gasteiger charge is -2.58. The molecule has 4 aliphatic carbocycles. The molecule has 0 unspecified atom stereocenters. The minimum Gasteiger partial charge on any atom is -0.393 e. The molecule has 0 bridgehead atoms. The number of Topliss-reactive ketones (excluding diaryl/α,β-unsaturated/α-hetero) is 1. The third-order valence-corrected chi connectivity index (χ3v) is 8.51. The maximum Gasteiger partial charge on any atom is 0.133 e. The molecule has 2 N–H and O–H groups in total. The van der Waals surface area contributed by atoms with Gasteiger partial charge in [0.1, 0.15) is 5.78 Å². The summed E-state index contributed by atoms with van der Waals surface area (Å²) in [5.74, 6) is 1.69. The van der Waals surface area contributed by atoms with Crippen LogP contribution >= 0.6 is 0 Å². The molecule has 3 fully saturated rings. The molecule has 8 atom stereocenters. The molecule has 0 radical (unpaired) electrons. The third-order valence-electron chi connectivity index (χ3n) is 8.51. The van der Waals surface area contributed by atoms with Crippen molar-refractivity contribution in [3.05, 3.63) is 11.6 Å². The summed E-state index contributed by atoms with van der Waals surface area (Å²) in [6.45, 7) is 6.40. The van der Waals surface area contributed by atoms with Crippen LogP contribution in [0.3, 0.4) is 0 Å². The largest absolute Gasteiger partial charge is 0.393 e. The van der Waals surface area contributed by atoms with E-state index in [0.29, 0.717) is 17.6 Å². The van der Waals surface area contributed by atoms with E-state index in [9.17, 15) is 15.0 Å². The molecule has 0 spiro atoms. The molecular formula is C21H32O3. The third kappa shape index (κ3) is 2.13. The van der Waals surface area contributed by atoms with Crippen LogP contribution in [0.5, 0.6) is 0 Å². The van der Waals surface area contributed by atoms with Crippen LogP contribution in [0.25, 0.3) is 0 Å². The maximum atomic E-state index is 12.2. The van der Waals surface area contributed by atoms with Crippen LogP contribution in [0.4, 0.5) is 0 Å². The Kier molecular flexibility index (Phi) is 3.78. The van der Waals surface area contributed by atoms with Crippen molar-refractivity contribution in [2.75, 3.05) is 0 Å². The van der Waals surface area contributed by atoms with Gasteiger partial charge in [0.2, 0.25) is 0 Å². The molecule has 4 aliphatic rings. The van der Waals surface area contributed by atoms with Gasteiger partial charge in [-0.25, -0.2) is 0 Å². The molecule has 0 aromatic carbocycles. The van der Waals surface area contributed by atoms with Gasteiger partial charge in [0.25, 0.3) is 0 Å². The summed E-state index contributed by atoms with van der Waals surface area (Å²) in [5.41, 5.74) is 1.67. The van der Waals surface area contributed by atoms with E-state index in [4.69, 9.17) is 0 Å². The number of rotatable bonds is 1. The van der Waals surface area contributed by atoms with Gasteiger partial charge in [0.05, 0.1) is 12.2 Å². The number of aliphatic hydroxyl groups is 2. The zero-order chi connectivity index (χ0) is 17.3. The monoisotopic (exact) mass is 332 g/mol. The first-order chi connectivity index (χ1) is 11.3. The lowest BCUT2D eigenvalue weighted by Crippen LogP contribution is -2.53. The highest BCUT2D eigenvalue weighted by molar-refractivity contribution is 5.79. The zero-order valence-corrected chi connectivity index (χ0v) is 15.3. The number of fused-ring (bicyclic) bond motifs is 5. The standard InChI is InChI=1S/C21H32O3/c1-12(22)15-4-5-16-14-11-19(24)18-10-13(23)6-8-21(18,3)17(14)7-9-20(15,16)2/h7,13-16,18-19,23-24H,4-6,8-11H2,1-3H3/t13-,14+,15+,16-,18-,19+,20-,21+/m1/s1. The van der Waals surface area contributed by atoms with Gasteiger partial charge in [0.15, 0.2) is 0 Å². The van der Waals surface area contributed by atoms with Crippen molar-refractivity contribution in [3.8, 4) is 0 Å². The number of allylic oxidation sites excluding steroid dienone is 2. The van der Waals surface area contributed by atoms with Gasteiger partial charge >= 0.3 is 0 Å². The summed E-state index contributed by atoms with van der Waals surface area (Å²) >= 11 is 0. The summed E-state index contributed by atoms with van der Waals surface area (Å²) in [4.78, 5) is 12.2. The molecule has 0 heterocycles. The van der Waals surface area contributed by atoms with Crippen molar-refractivity contribution in [1.29, 1.82) is 0 Å². The average Bonchev–Trinajstić information content (AvgIpc) is 2.87. The Morgan fingerprint density at radius 3 is 2.58 bits per heavy atom.